The van der Waals surface area contributed by atoms with Gasteiger partial charge in [-0.15, -0.1) is 0 Å². The van der Waals surface area contributed by atoms with E-state index < -0.39 is 30.6 Å². The van der Waals surface area contributed by atoms with Crippen LogP contribution in [0.5, 0.6) is 5.75 Å². The predicted molar refractivity (Wildman–Crippen MR) is 47.8 cm³/mol. The van der Waals surface area contributed by atoms with E-state index in [4.69, 9.17) is 0 Å². The lowest BCUT2D eigenvalue weighted by molar-refractivity contribution is -0.241. The van der Waals surface area contributed by atoms with Gasteiger partial charge in [-0.2, -0.15) is 8.78 Å². The summed E-state index contributed by atoms with van der Waals surface area (Å²) in [6, 6.07) is 6.25. The number of hydrogen-bond donors (Lipinski definition) is 0. The predicted octanol–water partition coefficient (Wildman–Crippen LogP) is 3.60. The van der Waals surface area contributed by atoms with Crippen LogP contribution in [-0.2, 0) is 0 Å². The molecule has 0 saturated carbocycles. The van der Waals surface area contributed by atoms with Crippen molar-refractivity contribution in [2.45, 2.75) is 24.9 Å². The van der Waals surface area contributed by atoms with E-state index in [1.165, 1.54) is 18.2 Å². The summed E-state index contributed by atoms with van der Waals surface area (Å²) in [4.78, 5) is 0. The molecule has 2 atom stereocenters. The zero-order valence-corrected chi connectivity index (χ0v) is 8.29. The molecule has 96 valence electrons. The summed E-state index contributed by atoms with van der Waals surface area (Å²) in [6.45, 7) is 0. The van der Waals surface area contributed by atoms with Crippen molar-refractivity contribution in [1.82, 2.24) is 0 Å². The van der Waals surface area contributed by atoms with Gasteiger partial charge in [0.15, 0.2) is 0 Å². The SMILES string of the molecule is FC(F)C(F)C(F)C(F)(F)Oc1ccccc1. The van der Waals surface area contributed by atoms with Gasteiger partial charge in [0.2, 0.25) is 12.3 Å². The fourth-order valence-electron chi connectivity index (χ4n) is 1.02. The Labute approximate surface area is 93.0 Å². The third-order valence-corrected chi connectivity index (χ3v) is 1.84. The summed E-state index contributed by atoms with van der Waals surface area (Å²) < 4.78 is 78.4. The largest absolute Gasteiger partial charge is 0.433 e. The number of benzene rings is 1. The fraction of sp³-hybridized carbons (Fsp3) is 0.400. The van der Waals surface area contributed by atoms with E-state index >= 15 is 0 Å². The number of halogens is 6. The Balaban J connectivity index is 2.74. The highest BCUT2D eigenvalue weighted by molar-refractivity contribution is 5.21. The van der Waals surface area contributed by atoms with E-state index in [9.17, 15) is 26.3 Å². The topological polar surface area (TPSA) is 9.23 Å². The molecule has 0 bridgehead atoms. The summed E-state index contributed by atoms with van der Waals surface area (Å²) in [7, 11) is 0. The smallest absolute Gasteiger partial charge is 0.430 e. The van der Waals surface area contributed by atoms with Crippen LogP contribution in [-0.4, -0.2) is 24.9 Å². The molecule has 0 spiro atoms. The molecule has 7 heteroatoms. The fourth-order valence-corrected chi connectivity index (χ4v) is 1.02. The van der Waals surface area contributed by atoms with E-state index in [0.29, 0.717) is 0 Å². The first-order chi connectivity index (χ1) is 7.84. The average Bonchev–Trinajstić information content (AvgIpc) is 2.27. The molecule has 0 aliphatic carbocycles. The second kappa shape index (κ2) is 5.29. The zero-order chi connectivity index (χ0) is 13.1. The highest BCUT2D eigenvalue weighted by atomic mass is 19.3. The van der Waals surface area contributed by atoms with Crippen LogP contribution in [0.15, 0.2) is 30.3 Å². The van der Waals surface area contributed by atoms with Crippen molar-refractivity contribution < 1.29 is 31.1 Å². The summed E-state index contributed by atoms with van der Waals surface area (Å²) >= 11 is 0. The lowest BCUT2D eigenvalue weighted by atomic mass is 10.2. The molecule has 1 rings (SSSR count). The summed E-state index contributed by atoms with van der Waals surface area (Å²) in [6.07, 6.45) is -15.8. The Bertz CT molecular complexity index is 342. The Hall–Kier alpha value is -1.40. The molecule has 0 fully saturated rings. The minimum Gasteiger partial charge on any atom is -0.430 e. The van der Waals surface area contributed by atoms with Crippen molar-refractivity contribution in [1.29, 1.82) is 0 Å². The number of para-hydroxylation sites is 1. The first-order valence-electron chi connectivity index (χ1n) is 4.53. The molecule has 2 unspecified atom stereocenters. The Kier molecular flexibility index (Phi) is 4.25. The standard InChI is InChI=1S/C10H8F6O/c11-7(9(13)14)8(12)10(15,16)17-6-4-2-1-3-5-6/h1-5,7-9H. The maximum Gasteiger partial charge on any atom is 0.433 e. The Morgan fingerprint density at radius 2 is 1.47 bits per heavy atom. The summed E-state index contributed by atoms with van der Waals surface area (Å²) in [5.74, 6) is -0.443. The Morgan fingerprint density at radius 3 is 1.94 bits per heavy atom. The van der Waals surface area contributed by atoms with Crippen molar-refractivity contribution in [2.75, 3.05) is 0 Å². The summed E-state index contributed by atoms with van der Waals surface area (Å²) in [5, 5.41) is 0. The van der Waals surface area contributed by atoms with E-state index in [1.54, 1.807) is 0 Å². The molecule has 0 aromatic heterocycles. The third-order valence-electron chi connectivity index (χ3n) is 1.84. The van der Waals surface area contributed by atoms with E-state index in [-0.39, 0.29) is 0 Å². The third kappa shape index (κ3) is 3.54. The minimum atomic E-state index is -4.66. The van der Waals surface area contributed by atoms with Crippen LogP contribution < -0.4 is 4.74 Å². The van der Waals surface area contributed by atoms with Gasteiger partial charge >= 0.3 is 6.11 Å². The molecule has 1 aromatic carbocycles. The number of hydrogen-bond acceptors (Lipinski definition) is 1. The molecule has 0 N–H and O–H groups in total. The maximum absolute atomic E-state index is 12.9. The molecular formula is C10H8F6O. The van der Waals surface area contributed by atoms with Crippen molar-refractivity contribution in [3.05, 3.63) is 30.3 Å². The van der Waals surface area contributed by atoms with Gasteiger partial charge in [-0.1, -0.05) is 18.2 Å². The number of ether oxygens (including phenoxy) is 1. The second-order valence-electron chi connectivity index (χ2n) is 3.16. The van der Waals surface area contributed by atoms with Gasteiger partial charge in [0.25, 0.3) is 6.43 Å². The first-order valence-corrected chi connectivity index (χ1v) is 4.53. The minimum absolute atomic E-state index is 0.443. The van der Waals surface area contributed by atoms with Crippen LogP contribution in [0.2, 0.25) is 0 Å². The molecule has 1 aromatic rings. The van der Waals surface area contributed by atoms with Crippen molar-refractivity contribution >= 4 is 0 Å². The average molecular weight is 258 g/mol. The molecule has 1 nitrogen and oxygen atoms in total. The van der Waals surface area contributed by atoms with Crippen LogP contribution in [0, 0.1) is 0 Å². The highest BCUT2D eigenvalue weighted by Crippen LogP contribution is 2.31. The van der Waals surface area contributed by atoms with Crippen molar-refractivity contribution in [2.24, 2.45) is 0 Å². The monoisotopic (exact) mass is 258 g/mol. The van der Waals surface area contributed by atoms with Gasteiger partial charge in [0, 0.05) is 0 Å². The highest BCUT2D eigenvalue weighted by Gasteiger charge is 2.51. The van der Waals surface area contributed by atoms with Crippen LogP contribution in [0.25, 0.3) is 0 Å². The normalized spacial score (nSPS) is 15.7. The molecule has 17 heavy (non-hydrogen) atoms. The van der Waals surface area contributed by atoms with E-state index in [0.717, 1.165) is 12.1 Å². The molecule has 0 heterocycles. The lowest BCUT2D eigenvalue weighted by Crippen LogP contribution is -2.44. The quantitative estimate of drug-likeness (QED) is 0.733. The molecule has 0 aliphatic heterocycles. The molecule has 0 saturated heterocycles. The van der Waals surface area contributed by atoms with Gasteiger partial charge < -0.3 is 4.74 Å². The first kappa shape index (κ1) is 13.7. The van der Waals surface area contributed by atoms with Crippen LogP contribution >= 0.6 is 0 Å². The van der Waals surface area contributed by atoms with Crippen LogP contribution in [0.4, 0.5) is 26.3 Å². The number of alkyl halides is 6. The van der Waals surface area contributed by atoms with Gasteiger partial charge in [0.1, 0.15) is 5.75 Å². The molecule has 0 amide bonds. The van der Waals surface area contributed by atoms with Gasteiger partial charge in [0.05, 0.1) is 0 Å². The van der Waals surface area contributed by atoms with E-state index in [1.807, 2.05) is 0 Å². The lowest BCUT2D eigenvalue weighted by Gasteiger charge is -2.23. The molecular weight excluding hydrogens is 250 g/mol. The molecule has 0 radical (unpaired) electrons. The van der Waals surface area contributed by atoms with Crippen molar-refractivity contribution in [3.8, 4) is 5.75 Å². The summed E-state index contributed by atoms with van der Waals surface area (Å²) in [5.41, 5.74) is 0. The van der Waals surface area contributed by atoms with Gasteiger partial charge in [-0.05, 0) is 12.1 Å². The van der Waals surface area contributed by atoms with Crippen LogP contribution in [0.3, 0.4) is 0 Å². The number of rotatable bonds is 5. The van der Waals surface area contributed by atoms with Gasteiger partial charge in [-0.3, -0.25) is 0 Å². The second-order valence-corrected chi connectivity index (χ2v) is 3.16. The van der Waals surface area contributed by atoms with Crippen LogP contribution in [0.1, 0.15) is 0 Å². The van der Waals surface area contributed by atoms with Gasteiger partial charge in [-0.25, -0.2) is 17.6 Å². The zero-order valence-electron chi connectivity index (χ0n) is 8.29. The van der Waals surface area contributed by atoms with E-state index in [2.05, 4.69) is 4.74 Å². The maximum atomic E-state index is 12.9. The van der Waals surface area contributed by atoms with Crippen molar-refractivity contribution in [3.63, 3.8) is 0 Å². The Morgan fingerprint density at radius 1 is 0.941 bits per heavy atom. The molecule has 0 aliphatic rings.